The Morgan fingerprint density at radius 2 is 1.85 bits per heavy atom. The largest absolute Gasteiger partial charge is 0.493 e. The zero-order valence-corrected chi connectivity index (χ0v) is 20.5. The van der Waals surface area contributed by atoms with Crippen LogP contribution in [0.4, 0.5) is 0 Å². The van der Waals surface area contributed by atoms with Gasteiger partial charge in [0.15, 0.2) is 22.5 Å². The minimum Gasteiger partial charge on any atom is -0.493 e. The highest BCUT2D eigenvalue weighted by atomic mass is 35.5. The Bertz CT molecular complexity index is 1290. The molecule has 0 radical (unpaired) electrons. The van der Waals surface area contributed by atoms with Crippen LogP contribution in [0.15, 0.2) is 52.1 Å². The maximum Gasteiger partial charge on any atom is 0.237 e. The van der Waals surface area contributed by atoms with Crippen LogP contribution in [0.5, 0.6) is 11.5 Å². The maximum atomic E-state index is 6.48. The minimum absolute atomic E-state index is 0.355. The fourth-order valence-electron chi connectivity index (χ4n) is 4.23. The van der Waals surface area contributed by atoms with E-state index in [-0.39, 0.29) is 0 Å². The van der Waals surface area contributed by atoms with Crippen LogP contribution in [-0.4, -0.2) is 39.1 Å². The molecule has 1 aliphatic rings. The molecular formula is C24H24ClN5O3S. The summed E-state index contributed by atoms with van der Waals surface area (Å²) in [4.78, 5) is 4.56. The van der Waals surface area contributed by atoms with Crippen LogP contribution in [0.2, 0.25) is 5.02 Å². The van der Waals surface area contributed by atoms with Crippen LogP contribution in [0.1, 0.15) is 37.6 Å². The summed E-state index contributed by atoms with van der Waals surface area (Å²) in [5.41, 5.74) is 1.68. The number of thioether (sulfide) groups is 1. The van der Waals surface area contributed by atoms with Crippen molar-refractivity contribution in [1.29, 1.82) is 0 Å². The first-order valence-corrected chi connectivity index (χ1v) is 12.4. The Kier molecular flexibility index (Phi) is 6.73. The Hall–Kier alpha value is -3.04. The standard InChI is InChI=1S/C24H24ClN5O3S/c1-31-19-12-11-15(13-20(19)32-2)22-26-21(33-29-22)14-34-24-28-27-23(17-9-5-6-10-18(17)25)30(24)16-7-3-4-8-16/h5-6,9-13,16H,3-4,7-8,14H2,1-2H3. The van der Waals surface area contributed by atoms with Gasteiger partial charge in [-0.05, 0) is 43.2 Å². The summed E-state index contributed by atoms with van der Waals surface area (Å²) in [6.07, 6.45) is 4.61. The Morgan fingerprint density at radius 1 is 1.06 bits per heavy atom. The van der Waals surface area contributed by atoms with Crippen molar-refractivity contribution in [3.63, 3.8) is 0 Å². The Labute approximate surface area is 206 Å². The maximum absolute atomic E-state index is 6.48. The van der Waals surface area contributed by atoms with E-state index in [2.05, 4.69) is 24.9 Å². The van der Waals surface area contributed by atoms with Gasteiger partial charge in [0.2, 0.25) is 11.7 Å². The van der Waals surface area contributed by atoms with Crippen LogP contribution in [0.3, 0.4) is 0 Å². The molecule has 2 aromatic carbocycles. The monoisotopic (exact) mass is 497 g/mol. The lowest BCUT2D eigenvalue weighted by molar-refractivity contribution is 0.355. The van der Waals surface area contributed by atoms with Crippen molar-refractivity contribution in [3.8, 4) is 34.3 Å². The van der Waals surface area contributed by atoms with Crippen LogP contribution in [0, 0.1) is 0 Å². The third-order valence-electron chi connectivity index (χ3n) is 5.90. The van der Waals surface area contributed by atoms with Gasteiger partial charge in [0.25, 0.3) is 0 Å². The Morgan fingerprint density at radius 3 is 2.62 bits per heavy atom. The van der Waals surface area contributed by atoms with Gasteiger partial charge in [0, 0.05) is 17.2 Å². The van der Waals surface area contributed by atoms with Gasteiger partial charge in [-0.1, -0.05) is 53.5 Å². The number of halogens is 1. The lowest BCUT2D eigenvalue weighted by Crippen LogP contribution is -2.08. The molecule has 10 heteroatoms. The number of nitrogens with zero attached hydrogens (tertiary/aromatic N) is 5. The van der Waals surface area contributed by atoms with Crippen molar-refractivity contribution in [2.45, 2.75) is 42.6 Å². The molecule has 0 atom stereocenters. The van der Waals surface area contributed by atoms with E-state index in [0.29, 0.717) is 40.0 Å². The number of methoxy groups -OCH3 is 2. The smallest absolute Gasteiger partial charge is 0.237 e. The number of aromatic nitrogens is 5. The molecule has 5 rings (SSSR count). The van der Waals surface area contributed by atoms with Crippen molar-refractivity contribution < 1.29 is 14.0 Å². The van der Waals surface area contributed by atoms with E-state index in [1.54, 1.807) is 14.2 Å². The molecule has 0 saturated heterocycles. The Balaban J connectivity index is 1.38. The van der Waals surface area contributed by atoms with E-state index in [9.17, 15) is 0 Å². The molecule has 2 aromatic heterocycles. The van der Waals surface area contributed by atoms with E-state index in [1.165, 1.54) is 24.6 Å². The molecule has 4 aromatic rings. The molecule has 0 N–H and O–H groups in total. The molecule has 1 fully saturated rings. The molecule has 0 amide bonds. The number of hydrogen-bond donors (Lipinski definition) is 0. The van der Waals surface area contributed by atoms with Gasteiger partial charge in [-0.25, -0.2) is 0 Å². The third kappa shape index (κ3) is 4.50. The molecular weight excluding hydrogens is 474 g/mol. The predicted octanol–water partition coefficient (Wildman–Crippen LogP) is 6.07. The van der Waals surface area contributed by atoms with Crippen LogP contribution < -0.4 is 9.47 Å². The van der Waals surface area contributed by atoms with Crippen molar-refractivity contribution >= 4 is 23.4 Å². The molecule has 0 aliphatic heterocycles. The van der Waals surface area contributed by atoms with Crippen molar-refractivity contribution in [2.75, 3.05) is 14.2 Å². The highest BCUT2D eigenvalue weighted by Gasteiger charge is 2.26. The van der Waals surface area contributed by atoms with E-state index < -0.39 is 0 Å². The highest BCUT2D eigenvalue weighted by Crippen LogP contribution is 2.39. The second kappa shape index (κ2) is 10.1. The zero-order chi connectivity index (χ0) is 23.5. The summed E-state index contributed by atoms with van der Waals surface area (Å²) >= 11 is 8.02. The zero-order valence-electron chi connectivity index (χ0n) is 18.9. The van der Waals surface area contributed by atoms with Crippen LogP contribution >= 0.6 is 23.4 Å². The van der Waals surface area contributed by atoms with Gasteiger partial charge in [-0.3, -0.25) is 4.57 Å². The average molecular weight is 498 g/mol. The fraction of sp³-hybridized carbons (Fsp3) is 0.333. The molecule has 176 valence electrons. The van der Waals surface area contributed by atoms with Gasteiger partial charge in [-0.2, -0.15) is 4.98 Å². The van der Waals surface area contributed by atoms with E-state index in [4.69, 9.17) is 25.6 Å². The summed E-state index contributed by atoms with van der Waals surface area (Å²) in [6, 6.07) is 13.6. The highest BCUT2D eigenvalue weighted by molar-refractivity contribution is 7.98. The first-order valence-electron chi connectivity index (χ1n) is 11.1. The summed E-state index contributed by atoms with van der Waals surface area (Å²) in [5, 5.41) is 14.6. The van der Waals surface area contributed by atoms with Gasteiger partial charge in [0.1, 0.15) is 0 Å². The van der Waals surface area contributed by atoms with E-state index in [0.717, 1.165) is 34.9 Å². The minimum atomic E-state index is 0.355. The van der Waals surface area contributed by atoms with Crippen molar-refractivity contribution in [3.05, 3.63) is 53.4 Å². The summed E-state index contributed by atoms with van der Waals surface area (Å²) in [6.45, 7) is 0. The molecule has 34 heavy (non-hydrogen) atoms. The number of rotatable bonds is 8. The molecule has 1 saturated carbocycles. The number of benzene rings is 2. The average Bonchev–Trinajstić information content (AvgIpc) is 3.63. The number of hydrogen-bond acceptors (Lipinski definition) is 8. The summed E-state index contributed by atoms with van der Waals surface area (Å²) in [7, 11) is 3.19. The van der Waals surface area contributed by atoms with Crippen molar-refractivity contribution in [1.82, 2.24) is 24.9 Å². The first-order chi connectivity index (χ1) is 16.7. The summed E-state index contributed by atoms with van der Waals surface area (Å²) in [5.74, 6) is 3.54. The molecule has 0 spiro atoms. The predicted molar refractivity (Wildman–Crippen MR) is 130 cm³/mol. The first kappa shape index (κ1) is 22.7. The van der Waals surface area contributed by atoms with E-state index >= 15 is 0 Å². The van der Waals surface area contributed by atoms with Gasteiger partial charge in [-0.15, -0.1) is 10.2 Å². The second-order valence-electron chi connectivity index (χ2n) is 7.96. The fourth-order valence-corrected chi connectivity index (χ4v) is 5.29. The summed E-state index contributed by atoms with van der Waals surface area (Å²) < 4.78 is 18.4. The van der Waals surface area contributed by atoms with Gasteiger partial charge < -0.3 is 14.0 Å². The molecule has 0 unspecified atom stereocenters. The molecule has 2 heterocycles. The third-order valence-corrected chi connectivity index (χ3v) is 7.16. The molecule has 1 aliphatic carbocycles. The molecule has 0 bridgehead atoms. The van der Waals surface area contributed by atoms with E-state index in [1.807, 2.05) is 42.5 Å². The normalized spacial score (nSPS) is 14.0. The lowest BCUT2D eigenvalue weighted by Gasteiger charge is -2.17. The lowest BCUT2D eigenvalue weighted by atomic mass is 10.2. The van der Waals surface area contributed by atoms with Crippen molar-refractivity contribution in [2.24, 2.45) is 0 Å². The SMILES string of the molecule is COc1ccc(-c2noc(CSc3nnc(-c4ccccc4Cl)n3C3CCCC3)n2)cc1OC. The van der Waals surface area contributed by atoms with Crippen LogP contribution in [-0.2, 0) is 5.75 Å². The van der Waals surface area contributed by atoms with Gasteiger partial charge >= 0.3 is 0 Å². The second-order valence-corrected chi connectivity index (χ2v) is 9.31. The quantitative estimate of drug-likeness (QED) is 0.271. The van der Waals surface area contributed by atoms with Crippen LogP contribution in [0.25, 0.3) is 22.8 Å². The van der Waals surface area contributed by atoms with Gasteiger partial charge in [0.05, 0.1) is 25.0 Å². The number of ether oxygens (including phenoxy) is 2. The topological polar surface area (TPSA) is 88.1 Å². The molecule has 8 nitrogen and oxygen atoms in total.